The van der Waals surface area contributed by atoms with Crippen LogP contribution >= 0.6 is 0 Å². The third kappa shape index (κ3) is 3.27. The first-order valence-electron chi connectivity index (χ1n) is 7.93. The van der Waals surface area contributed by atoms with Crippen LogP contribution in [-0.2, 0) is 6.61 Å². The van der Waals surface area contributed by atoms with E-state index in [9.17, 15) is 4.79 Å². The molecule has 130 valence electrons. The molecule has 1 N–H and O–H groups in total. The quantitative estimate of drug-likeness (QED) is 0.595. The molecule has 0 bridgehead atoms. The van der Waals surface area contributed by atoms with Crippen LogP contribution in [0.2, 0.25) is 0 Å². The predicted octanol–water partition coefficient (Wildman–Crippen LogP) is 3.17. The number of nitrogens with zero attached hydrogens (tertiary/aromatic N) is 2. The second-order valence-electron chi connectivity index (χ2n) is 5.57. The lowest BCUT2D eigenvalue weighted by molar-refractivity contribution is 0.301. The molecule has 1 aromatic carbocycles. The third-order valence-corrected chi connectivity index (χ3v) is 3.81. The van der Waals surface area contributed by atoms with Crippen LogP contribution in [0.3, 0.4) is 0 Å². The molecule has 3 aromatic heterocycles. The van der Waals surface area contributed by atoms with E-state index in [2.05, 4.69) is 15.0 Å². The van der Waals surface area contributed by atoms with E-state index >= 15 is 0 Å². The van der Waals surface area contributed by atoms with Crippen LogP contribution in [0.25, 0.3) is 22.6 Å². The summed E-state index contributed by atoms with van der Waals surface area (Å²) in [6.45, 7) is 0.333. The number of methoxy groups -OCH3 is 1. The minimum absolute atomic E-state index is 0.173. The van der Waals surface area contributed by atoms with Gasteiger partial charge in [0, 0.05) is 18.3 Å². The Bertz CT molecular complexity index is 1080. The van der Waals surface area contributed by atoms with E-state index in [4.69, 9.17) is 13.9 Å². The van der Waals surface area contributed by atoms with Crippen molar-refractivity contribution in [3.05, 3.63) is 70.9 Å². The van der Waals surface area contributed by atoms with Crippen LogP contribution in [-0.4, -0.2) is 22.1 Å². The van der Waals surface area contributed by atoms with Gasteiger partial charge in [-0.05, 0) is 30.3 Å². The fraction of sp³-hybridized carbons (Fsp3) is 0.105. The van der Waals surface area contributed by atoms with Crippen LogP contribution in [0.1, 0.15) is 5.69 Å². The van der Waals surface area contributed by atoms with Gasteiger partial charge in [0.05, 0.1) is 24.6 Å². The molecule has 0 atom stereocenters. The lowest BCUT2D eigenvalue weighted by Crippen LogP contribution is -2.01. The van der Waals surface area contributed by atoms with Crippen molar-refractivity contribution in [3.63, 3.8) is 0 Å². The Balaban J connectivity index is 1.53. The van der Waals surface area contributed by atoms with E-state index in [1.165, 1.54) is 6.07 Å². The Morgan fingerprint density at radius 1 is 1.12 bits per heavy atom. The van der Waals surface area contributed by atoms with Gasteiger partial charge in [0.1, 0.15) is 23.6 Å². The number of nitrogens with one attached hydrogen (secondary N) is 1. The number of aromatic nitrogens is 3. The number of aromatic amines is 1. The monoisotopic (exact) mass is 349 g/mol. The maximum absolute atomic E-state index is 11.2. The zero-order valence-corrected chi connectivity index (χ0v) is 13.9. The van der Waals surface area contributed by atoms with Gasteiger partial charge in [0.2, 0.25) is 11.4 Å². The molecule has 0 saturated carbocycles. The topological polar surface area (TPSA) is 90.2 Å². The molecule has 26 heavy (non-hydrogen) atoms. The number of ether oxygens (including phenoxy) is 2. The molecule has 0 unspecified atom stereocenters. The number of benzene rings is 1. The maximum atomic E-state index is 11.2. The molecule has 4 rings (SSSR count). The summed E-state index contributed by atoms with van der Waals surface area (Å²) < 4.78 is 16.6. The average Bonchev–Trinajstić information content (AvgIpc) is 3.10. The van der Waals surface area contributed by atoms with Crippen LogP contribution in [0.15, 0.2) is 64.1 Å². The highest BCUT2D eigenvalue weighted by Gasteiger charge is 2.09. The second-order valence-corrected chi connectivity index (χ2v) is 5.57. The van der Waals surface area contributed by atoms with Crippen molar-refractivity contribution >= 4 is 11.1 Å². The van der Waals surface area contributed by atoms with E-state index in [0.29, 0.717) is 40.7 Å². The lowest BCUT2D eigenvalue weighted by atomic mass is 10.3. The minimum Gasteiger partial charge on any atom is -0.495 e. The Morgan fingerprint density at radius 3 is 2.73 bits per heavy atom. The predicted molar refractivity (Wildman–Crippen MR) is 95.2 cm³/mol. The first-order valence-corrected chi connectivity index (χ1v) is 7.93. The Kier molecular flexibility index (Phi) is 4.10. The van der Waals surface area contributed by atoms with E-state index in [-0.39, 0.29) is 5.56 Å². The van der Waals surface area contributed by atoms with Crippen LogP contribution < -0.4 is 15.0 Å². The summed E-state index contributed by atoms with van der Waals surface area (Å²) in [5, 5.41) is 0. The SMILES string of the molecule is COc1ccc(COc2ccc3oc(-c4ccc(=O)[nH]c4)nc3c2)nc1. The Hall–Kier alpha value is -3.61. The fourth-order valence-electron chi connectivity index (χ4n) is 2.44. The van der Waals surface area contributed by atoms with E-state index in [1.54, 1.807) is 37.7 Å². The van der Waals surface area contributed by atoms with Gasteiger partial charge in [0.15, 0.2) is 5.58 Å². The molecule has 0 radical (unpaired) electrons. The first kappa shape index (κ1) is 15.9. The van der Waals surface area contributed by atoms with Gasteiger partial charge in [-0.1, -0.05) is 0 Å². The molecule has 0 saturated heterocycles. The molecular weight excluding hydrogens is 334 g/mol. The van der Waals surface area contributed by atoms with Gasteiger partial charge in [-0.15, -0.1) is 0 Å². The molecule has 4 aromatic rings. The summed E-state index contributed by atoms with van der Waals surface area (Å²) >= 11 is 0. The van der Waals surface area contributed by atoms with Crippen molar-refractivity contribution in [2.75, 3.05) is 7.11 Å². The smallest absolute Gasteiger partial charge is 0.247 e. The van der Waals surface area contributed by atoms with Gasteiger partial charge in [-0.2, -0.15) is 0 Å². The molecule has 0 aliphatic carbocycles. The Labute approximate surface area is 148 Å². The average molecular weight is 349 g/mol. The van der Waals surface area contributed by atoms with Crippen molar-refractivity contribution in [1.82, 2.24) is 15.0 Å². The number of hydrogen-bond donors (Lipinski definition) is 1. The highest BCUT2D eigenvalue weighted by atomic mass is 16.5. The summed E-state index contributed by atoms with van der Waals surface area (Å²) in [6, 6.07) is 12.2. The van der Waals surface area contributed by atoms with E-state index in [0.717, 1.165) is 5.69 Å². The van der Waals surface area contributed by atoms with Crippen LogP contribution in [0.4, 0.5) is 0 Å². The second kappa shape index (κ2) is 6.72. The number of oxazole rings is 1. The van der Waals surface area contributed by atoms with Gasteiger partial charge in [-0.25, -0.2) is 4.98 Å². The number of fused-ring (bicyclic) bond motifs is 1. The zero-order valence-electron chi connectivity index (χ0n) is 13.9. The number of H-pyrrole nitrogens is 1. The van der Waals surface area contributed by atoms with Gasteiger partial charge in [0.25, 0.3) is 0 Å². The molecule has 7 nitrogen and oxygen atoms in total. The standard InChI is InChI=1S/C19H15N3O4/c1-24-15-4-3-13(20-10-15)11-25-14-5-6-17-16(8-14)22-19(26-17)12-2-7-18(23)21-9-12/h2-10H,11H2,1H3,(H,21,23). The van der Waals surface area contributed by atoms with Crippen LogP contribution in [0.5, 0.6) is 11.5 Å². The van der Waals surface area contributed by atoms with Crippen molar-refractivity contribution in [1.29, 1.82) is 0 Å². The number of hydrogen-bond acceptors (Lipinski definition) is 6. The molecule has 3 heterocycles. The van der Waals surface area contributed by atoms with Crippen molar-refractivity contribution in [3.8, 4) is 23.0 Å². The summed E-state index contributed by atoms with van der Waals surface area (Å²) in [6.07, 6.45) is 3.22. The van der Waals surface area contributed by atoms with Crippen molar-refractivity contribution in [2.45, 2.75) is 6.61 Å². The molecular formula is C19H15N3O4. The molecule has 7 heteroatoms. The van der Waals surface area contributed by atoms with E-state index in [1.807, 2.05) is 18.2 Å². The zero-order chi connectivity index (χ0) is 17.9. The number of pyridine rings is 2. The lowest BCUT2D eigenvalue weighted by Gasteiger charge is -2.06. The Morgan fingerprint density at radius 2 is 2.00 bits per heavy atom. The van der Waals surface area contributed by atoms with Crippen molar-refractivity contribution in [2.24, 2.45) is 0 Å². The summed E-state index contributed by atoms with van der Waals surface area (Å²) in [7, 11) is 1.60. The van der Waals surface area contributed by atoms with Crippen molar-refractivity contribution < 1.29 is 13.9 Å². The molecule has 0 spiro atoms. The molecule has 0 amide bonds. The minimum atomic E-state index is -0.173. The highest BCUT2D eigenvalue weighted by Crippen LogP contribution is 2.26. The highest BCUT2D eigenvalue weighted by molar-refractivity contribution is 5.77. The molecule has 0 fully saturated rings. The molecule has 0 aliphatic heterocycles. The van der Waals surface area contributed by atoms with Gasteiger partial charge >= 0.3 is 0 Å². The van der Waals surface area contributed by atoms with Gasteiger partial charge < -0.3 is 18.9 Å². The maximum Gasteiger partial charge on any atom is 0.247 e. The molecule has 0 aliphatic rings. The fourth-order valence-corrected chi connectivity index (χ4v) is 2.44. The normalized spacial score (nSPS) is 10.8. The first-order chi connectivity index (χ1) is 12.7. The van der Waals surface area contributed by atoms with Crippen LogP contribution in [0, 0.1) is 0 Å². The summed E-state index contributed by atoms with van der Waals surface area (Å²) in [5.74, 6) is 1.80. The van der Waals surface area contributed by atoms with E-state index < -0.39 is 0 Å². The largest absolute Gasteiger partial charge is 0.495 e. The summed E-state index contributed by atoms with van der Waals surface area (Å²) in [4.78, 5) is 22.5. The third-order valence-electron chi connectivity index (χ3n) is 3.81. The number of rotatable bonds is 5. The van der Waals surface area contributed by atoms with Gasteiger partial charge in [-0.3, -0.25) is 9.78 Å². The summed E-state index contributed by atoms with van der Waals surface area (Å²) in [5.41, 5.74) is 2.63.